The molecule has 0 unspecified atom stereocenters. The number of hydrogen-bond donors (Lipinski definition) is 3. The Bertz CT molecular complexity index is 703. The molecule has 0 bridgehead atoms. The number of nitrogen functional groups attached to an aromatic ring is 1. The van der Waals surface area contributed by atoms with Crippen LogP contribution < -0.4 is 16.4 Å². The zero-order valence-corrected chi connectivity index (χ0v) is 11.9. The molecule has 0 fully saturated rings. The van der Waals surface area contributed by atoms with Gasteiger partial charge >= 0.3 is 11.8 Å². The molecule has 0 saturated carbocycles. The number of carbonyl (C=O) groups excluding carboxylic acids is 2. The van der Waals surface area contributed by atoms with Crippen molar-refractivity contribution in [3.63, 3.8) is 0 Å². The average Bonchev–Trinajstić information content (AvgIpc) is 2.44. The van der Waals surface area contributed by atoms with Gasteiger partial charge in [0.2, 0.25) is 0 Å². The van der Waals surface area contributed by atoms with Gasteiger partial charge in [0.25, 0.3) is 0 Å². The molecule has 108 valence electrons. The van der Waals surface area contributed by atoms with Crippen molar-refractivity contribution in [2.24, 2.45) is 0 Å². The van der Waals surface area contributed by atoms with Crippen LogP contribution in [0.1, 0.15) is 5.56 Å². The van der Waals surface area contributed by atoms with Gasteiger partial charge in [-0.1, -0.05) is 17.7 Å². The summed E-state index contributed by atoms with van der Waals surface area (Å²) >= 11 is 5.92. The molecule has 1 heterocycles. The largest absolute Gasteiger partial charge is 0.399 e. The van der Waals surface area contributed by atoms with E-state index in [9.17, 15) is 9.59 Å². The summed E-state index contributed by atoms with van der Waals surface area (Å²) in [5, 5.41) is 5.10. The van der Waals surface area contributed by atoms with Crippen LogP contribution in [0.5, 0.6) is 0 Å². The van der Waals surface area contributed by atoms with E-state index in [1.54, 1.807) is 25.1 Å². The first-order valence-corrected chi connectivity index (χ1v) is 6.44. The molecule has 2 aromatic rings. The second-order valence-corrected chi connectivity index (χ2v) is 4.72. The molecule has 21 heavy (non-hydrogen) atoms. The number of nitrogens with one attached hydrogen (secondary N) is 2. The number of carbonyl (C=O) groups is 2. The predicted octanol–water partition coefficient (Wildman–Crippen LogP) is 2.20. The number of aromatic nitrogens is 1. The smallest absolute Gasteiger partial charge is 0.315 e. The zero-order chi connectivity index (χ0) is 15.4. The van der Waals surface area contributed by atoms with E-state index in [0.717, 1.165) is 5.56 Å². The van der Waals surface area contributed by atoms with Crippen LogP contribution in [0.4, 0.5) is 17.2 Å². The predicted molar refractivity (Wildman–Crippen MR) is 82.1 cm³/mol. The van der Waals surface area contributed by atoms with Gasteiger partial charge in [0.1, 0.15) is 5.82 Å². The van der Waals surface area contributed by atoms with Gasteiger partial charge in [0, 0.05) is 11.9 Å². The van der Waals surface area contributed by atoms with E-state index in [0.29, 0.717) is 17.2 Å². The SMILES string of the molecule is Cc1cccnc1NC(=O)C(=O)Nc1ccc(N)cc1Cl. The maximum absolute atomic E-state index is 11.8. The summed E-state index contributed by atoms with van der Waals surface area (Å²) in [5.41, 5.74) is 7.08. The first-order valence-electron chi connectivity index (χ1n) is 6.06. The number of anilines is 3. The normalized spacial score (nSPS) is 10.0. The third kappa shape index (κ3) is 3.70. The number of nitrogens with two attached hydrogens (primary N) is 1. The van der Waals surface area contributed by atoms with Crippen LogP contribution >= 0.6 is 11.6 Å². The number of amides is 2. The van der Waals surface area contributed by atoms with Crippen molar-refractivity contribution in [1.82, 2.24) is 4.98 Å². The molecular weight excluding hydrogens is 292 g/mol. The van der Waals surface area contributed by atoms with Gasteiger partial charge in [-0.25, -0.2) is 4.98 Å². The minimum atomic E-state index is -0.841. The lowest BCUT2D eigenvalue weighted by molar-refractivity contribution is -0.133. The van der Waals surface area contributed by atoms with Crippen LogP contribution in [0, 0.1) is 6.92 Å². The highest BCUT2D eigenvalue weighted by Crippen LogP contribution is 2.24. The van der Waals surface area contributed by atoms with E-state index >= 15 is 0 Å². The van der Waals surface area contributed by atoms with Crippen LogP contribution in [-0.4, -0.2) is 16.8 Å². The van der Waals surface area contributed by atoms with Crippen molar-refractivity contribution in [1.29, 1.82) is 0 Å². The molecule has 1 aromatic carbocycles. The fourth-order valence-electron chi connectivity index (χ4n) is 1.59. The highest BCUT2D eigenvalue weighted by Gasteiger charge is 2.16. The number of aryl methyl sites for hydroxylation is 1. The van der Waals surface area contributed by atoms with Crippen LogP contribution in [-0.2, 0) is 9.59 Å². The average molecular weight is 305 g/mol. The number of benzene rings is 1. The second kappa shape index (κ2) is 6.23. The van der Waals surface area contributed by atoms with Gasteiger partial charge in [-0.2, -0.15) is 0 Å². The molecule has 2 amide bonds. The Morgan fingerprint density at radius 1 is 1.19 bits per heavy atom. The van der Waals surface area contributed by atoms with Gasteiger partial charge in [-0.05, 0) is 36.8 Å². The zero-order valence-electron chi connectivity index (χ0n) is 11.2. The quantitative estimate of drug-likeness (QED) is 0.585. The lowest BCUT2D eigenvalue weighted by atomic mass is 10.2. The number of rotatable bonds is 2. The molecule has 2 rings (SSSR count). The Kier molecular flexibility index (Phi) is 4.39. The summed E-state index contributed by atoms with van der Waals surface area (Å²) in [5.74, 6) is -1.34. The summed E-state index contributed by atoms with van der Waals surface area (Å²) in [7, 11) is 0. The molecule has 0 atom stereocenters. The monoisotopic (exact) mass is 304 g/mol. The molecule has 7 heteroatoms. The Labute approximate surface area is 126 Å². The minimum Gasteiger partial charge on any atom is -0.399 e. The third-order valence-corrected chi connectivity index (χ3v) is 3.00. The Morgan fingerprint density at radius 3 is 2.57 bits per heavy atom. The van der Waals surface area contributed by atoms with E-state index in [1.165, 1.54) is 18.3 Å². The van der Waals surface area contributed by atoms with Gasteiger partial charge in [0.15, 0.2) is 0 Å². The van der Waals surface area contributed by atoms with Gasteiger partial charge in [0.05, 0.1) is 10.7 Å². The van der Waals surface area contributed by atoms with Gasteiger partial charge in [-0.15, -0.1) is 0 Å². The van der Waals surface area contributed by atoms with E-state index in [2.05, 4.69) is 15.6 Å². The second-order valence-electron chi connectivity index (χ2n) is 4.32. The number of nitrogens with zero attached hydrogens (tertiary/aromatic N) is 1. The van der Waals surface area contributed by atoms with Gasteiger partial charge < -0.3 is 16.4 Å². The summed E-state index contributed by atoms with van der Waals surface area (Å²) in [6.07, 6.45) is 1.53. The molecule has 4 N–H and O–H groups in total. The molecular formula is C14H13ClN4O2. The fourth-order valence-corrected chi connectivity index (χ4v) is 1.83. The van der Waals surface area contributed by atoms with Crippen LogP contribution in [0.15, 0.2) is 36.5 Å². The van der Waals surface area contributed by atoms with E-state index in [-0.39, 0.29) is 5.02 Å². The molecule has 0 radical (unpaired) electrons. The Morgan fingerprint density at radius 2 is 1.90 bits per heavy atom. The maximum atomic E-state index is 11.8. The van der Waals surface area contributed by atoms with Crippen LogP contribution in [0.3, 0.4) is 0 Å². The standard InChI is InChI=1S/C14H13ClN4O2/c1-8-3-2-6-17-12(8)19-14(21)13(20)18-11-5-4-9(16)7-10(11)15/h2-7H,16H2,1H3,(H,18,20)(H,17,19,21). The lowest BCUT2D eigenvalue weighted by Gasteiger charge is -2.09. The van der Waals surface area contributed by atoms with E-state index in [1.807, 2.05) is 0 Å². The van der Waals surface area contributed by atoms with Crippen molar-refractivity contribution in [2.45, 2.75) is 6.92 Å². The molecule has 0 saturated heterocycles. The number of halogens is 1. The number of hydrogen-bond acceptors (Lipinski definition) is 4. The van der Waals surface area contributed by atoms with E-state index < -0.39 is 11.8 Å². The molecule has 0 spiro atoms. The van der Waals surface area contributed by atoms with Crippen LogP contribution in [0.2, 0.25) is 5.02 Å². The first kappa shape index (κ1) is 14.8. The highest BCUT2D eigenvalue weighted by atomic mass is 35.5. The number of pyridine rings is 1. The van der Waals surface area contributed by atoms with Gasteiger partial charge in [-0.3, -0.25) is 9.59 Å². The fraction of sp³-hybridized carbons (Fsp3) is 0.0714. The van der Waals surface area contributed by atoms with Crippen molar-refractivity contribution in [3.8, 4) is 0 Å². The highest BCUT2D eigenvalue weighted by molar-refractivity contribution is 6.44. The van der Waals surface area contributed by atoms with E-state index in [4.69, 9.17) is 17.3 Å². The molecule has 0 aliphatic heterocycles. The lowest BCUT2D eigenvalue weighted by Crippen LogP contribution is -2.29. The van der Waals surface area contributed by atoms with Crippen molar-refractivity contribution in [2.75, 3.05) is 16.4 Å². The third-order valence-electron chi connectivity index (χ3n) is 2.69. The molecule has 0 aliphatic rings. The Balaban J connectivity index is 2.06. The van der Waals surface area contributed by atoms with Crippen LogP contribution in [0.25, 0.3) is 0 Å². The first-order chi connectivity index (χ1) is 9.97. The maximum Gasteiger partial charge on any atom is 0.315 e. The molecule has 1 aromatic heterocycles. The summed E-state index contributed by atoms with van der Waals surface area (Å²) in [4.78, 5) is 27.6. The summed E-state index contributed by atoms with van der Waals surface area (Å²) in [6, 6.07) is 8.09. The van der Waals surface area contributed by atoms with Crippen molar-refractivity contribution >= 4 is 40.6 Å². The minimum absolute atomic E-state index is 0.255. The van der Waals surface area contributed by atoms with Crippen molar-refractivity contribution in [3.05, 3.63) is 47.1 Å². The topological polar surface area (TPSA) is 97.1 Å². The molecule has 6 nitrogen and oxygen atoms in total. The summed E-state index contributed by atoms with van der Waals surface area (Å²) in [6.45, 7) is 1.78. The summed E-state index contributed by atoms with van der Waals surface area (Å²) < 4.78 is 0. The molecule has 0 aliphatic carbocycles. The Hall–Kier alpha value is -2.60. The van der Waals surface area contributed by atoms with Crippen molar-refractivity contribution < 1.29 is 9.59 Å².